The Morgan fingerprint density at radius 2 is 1.96 bits per heavy atom. The number of ether oxygens (including phenoxy) is 1. The maximum atomic E-state index is 12.9. The predicted molar refractivity (Wildman–Crippen MR) is 98.5 cm³/mol. The van der Waals surface area contributed by atoms with Crippen LogP contribution in [0.5, 0.6) is 5.75 Å². The Hall–Kier alpha value is -3.35. The predicted octanol–water partition coefficient (Wildman–Crippen LogP) is 3.92. The Kier molecular flexibility index (Phi) is 4.62. The van der Waals surface area contributed by atoms with Gasteiger partial charge in [0, 0.05) is 24.1 Å². The minimum absolute atomic E-state index is 0.0537. The van der Waals surface area contributed by atoms with Gasteiger partial charge in [0.05, 0.1) is 18.1 Å². The van der Waals surface area contributed by atoms with E-state index < -0.39 is 4.92 Å². The number of fused-ring (bicyclic) bond motifs is 1. The van der Waals surface area contributed by atoms with Crippen LogP contribution in [0.2, 0.25) is 0 Å². The number of nitro benzene ring substituents is 1. The first-order valence-corrected chi connectivity index (χ1v) is 8.10. The number of carbonyl (C=O) groups is 1. The molecule has 0 fully saturated rings. The second-order valence-electron chi connectivity index (χ2n) is 6.02. The molecule has 3 rings (SSSR count). The number of hydrogen-bond acceptors (Lipinski definition) is 4. The van der Waals surface area contributed by atoms with Crippen LogP contribution < -0.4 is 4.74 Å². The molecule has 1 amide bonds. The molecule has 26 heavy (non-hydrogen) atoms. The molecule has 7 heteroatoms. The van der Waals surface area contributed by atoms with Crippen LogP contribution in [0, 0.1) is 10.1 Å². The Morgan fingerprint density at radius 1 is 1.23 bits per heavy atom. The molecule has 2 aromatic carbocycles. The van der Waals surface area contributed by atoms with Crippen molar-refractivity contribution in [3.63, 3.8) is 0 Å². The summed E-state index contributed by atoms with van der Waals surface area (Å²) in [4.78, 5) is 28.1. The lowest BCUT2D eigenvalue weighted by Gasteiger charge is -2.26. The molecule has 0 saturated carbocycles. The molecule has 0 aliphatic rings. The van der Waals surface area contributed by atoms with Crippen LogP contribution in [0.1, 0.15) is 29.0 Å². The number of benzene rings is 2. The molecule has 1 aromatic heterocycles. The van der Waals surface area contributed by atoms with E-state index in [4.69, 9.17) is 4.74 Å². The first-order valence-electron chi connectivity index (χ1n) is 8.10. The molecule has 1 N–H and O–H groups in total. The summed E-state index contributed by atoms with van der Waals surface area (Å²) in [5.41, 5.74) is 1.48. The first-order chi connectivity index (χ1) is 12.4. The van der Waals surface area contributed by atoms with Gasteiger partial charge in [0.25, 0.3) is 11.6 Å². The molecular formula is C19H19N3O4. The summed E-state index contributed by atoms with van der Waals surface area (Å²) in [5, 5.41) is 11.8. The molecule has 0 radical (unpaired) electrons. The Labute approximate surface area is 150 Å². The van der Waals surface area contributed by atoms with Crippen molar-refractivity contribution in [1.82, 2.24) is 9.88 Å². The van der Waals surface area contributed by atoms with Gasteiger partial charge in [-0.3, -0.25) is 14.9 Å². The molecule has 1 atom stereocenters. The van der Waals surface area contributed by atoms with Crippen LogP contribution in [-0.2, 0) is 0 Å². The van der Waals surface area contributed by atoms with Crippen molar-refractivity contribution in [3.05, 3.63) is 69.9 Å². The highest BCUT2D eigenvalue weighted by molar-refractivity contribution is 6.00. The molecule has 7 nitrogen and oxygen atoms in total. The highest BCUT2D eigenvalue weighted by Crippen LogP contribution is 2.30. The van der Waals surface area contributed by atoms with Crippen molar-refractivity contribution < 1.29 is 14.5 Å². The van der Waals surface area contributed by atoms with Crippen molar-refractivity contribution in [2.45, 2.75) is 13.0 Å². The summed E-state index contributed by atoms with van der Waals surface area (Å²) in [7, 11) is 3.28. The quantitative estimate of drug-likeness (QED) is 0.556. The number of aromatic nitrogens is 1. The number of methoxy groups -OCH3 is 1. The van der Waals surface area contributed by atoms with E-state index in [0.29, 0.717) is 22.3 Å². The number of nitrogens with one attached hydrogen (secondary N) is 1. The molecule has 0 bridgehead atoms. The molecule has 0 aliphatic carbocycles. The van der Waals surface area contributed by atoms with Gasteiger partial charge in [-0.25, -0.2) is 0 Å². The van der Waals surface area contributed by atoms with Gasteiger partial charge in [0.15, 0.2) is 0 Å². The second-order valence-corrected chi connectivity index (χ2v) is 6.02. The summed E-state index contributed by atoms with van der Waals surface area (Å²) >= 11 is 0. The van der Waals surface area contributed by atoms with E-state index in [9.17, 15) is 14.9 Å². The standard InChI is InChI=1S/C19H19N3O4/c1-12(14-8-4-5-10-17(14)26-3)21(2)19(23)15-11-13-7-6-9-16(22(24)25)18(13)20-15/h4-12,20H,1-3H3. The molecular weight excluding hydrogens is 334 g/mol. The Balaban J connectivity index is 1.95. The lowest BCUT2D eigenvalue weighted by molar-refractivity contribution is -0.383. The first kappa shape index (κ1) is 17.5. The molecule has 0 aliphatic heterocycles. The zero-order valence-electron chi connectivity index (χ0n) is 14.7. The highest BCUT2D eigenvalue weighted by Gasteiger charge is 2.24. The van der Waals surface area contributed by atoms with Gasteiger partial charge in [0.2, 0.25) is 0 Å². The lowest BCUT2D eigenvalue weighted by Crippen LogP contribution is -2.30. The van der Waals surface area contributed by atoms with Crippen LogP contribution in [0.15, 0.2) is 48.5 Å². The van der Waals surface area contributed by atoms with Crippen LogP contribution in [0.4, 0.5) is 5.69 Å². The van der Waals surface area contributed by atoms with E-state index in [2.05, 4.69) is 4.98 Å². The van der Waals surface area contributed by atoms with Crippen LogP contribution in [0.3, 0.4) is 0 Å². The molecule has 3 aromatic rings. The van der Waals surface area contributed by atoms with Crippen molar-refractivity contribution in [2.75, 3.05) is 14.2 Å². The van der Waals surface area contributed by atoms with E-state index in [1.807, 2.05) is 31.2 Å². The second kappa shape index (κ2) is 6.87. The number of aromatic amines is 1. The van der Waals surface area contributed by atoms with Crippen molar-refractivity contribution >= 4 is 22.5 Å². The fourth-order valence-electron chi connectivity index (χ4n) is 2.99. The fraction of sp³-hybridized carbons (Fsp3) is 0.211. The smallest absolute Gasteiger partial charge is 0.293 e. The summed E-state index contributed by atoms with van der Waals surface area (Å²) in [5.74, 6) is 0.445. The number of nitrogens with zero attached hydrogens (tertiary/aromatic N) is 2. The van der Waals surface area contributed by atoms with E-state index in [0.717, 1.165) is 5.56 Å². The Bertz CT molecular complexity index is 980. The van der Waals surface area contributed by atoms with Crippen LogP contribution in [0.25, 0.3) is 10.9 Å². The minimum Gasteiger partial charge on any atom is -0.496 e. The van der Waals surface area contributed by atoms with Gasteiger partial charge in [-0.15, -0.1) is 0 Å². The lowest BCUT2D eigenvalue weighted by atomic mass is 10.1. The number of non-ortho nitro benzene ring substituents is 1. The number of nitro groups is 1. The van der Waals surface area contributed by atoms with Gasteiger partial charge in [0.1, 0.15) is 17.0 Å². The number of hydrogen-bond donors (Lipinski definition) is 1. The summed E-state index contributed by atoms with van der Waals surface area (Å²) < 4.78 is 5.37. The molecule has 0 saturated heterocycles. The number of rotatable bonds is 5. The van der Waals surface area contributed by atoms with E-state index in [-0.39, 0.29) is 17.6 Å². The fourth-order valence-corrected chi connectivity index (χ4v) is 2.99. The van der Waals surface area contributed by atoms with Gasteiger partial charge in [-0.2, -0.15) is 0 Å². The summed E-state index contributed by atoms with van der Waals surface area (Å²) in [6, 6.07) is 13.7. The average molecular weight is 353 g/mol. The largest absolute Gasteiger partial charge is 0.496 e. The number of amides is 1. The highest BCUT2D eigenvalue weighted by atomic mass is 16.6. The topological polar surface area (TPSA) is 88.5 Å². The third-order valence-corrected chi connectivity index (χ3v) is 4.55. The normalized spacial score (nSPS) is 12.0. The Morgan fingerprint density at radius 3 is 2.65 bits per heavy atom. The summed E-state index contributed by atoms with van der Waals surface area (Å²) in [6.07, 6.45) is 0. The number of H-pyrrole nitrogens is 1. The van der Waals surface area contributed by atoms with Crippen molar-refractivity contribution in [2.24, 2.45) is 0 Å². The SMILES string of the molecule is COc1ccccc1C(C)N(C)C(=O)c1cc2cccc([N+](=O)[O-])c2[nH]1. The molecule has 134 valence electrons. The maximum absolute atomic E-state index is 12.9. The van der Waals surface area contributed by atoms with Gasteiger partial charge in [-0.1, -0.05) is 30.3 Å². The van der Waals surface area contributed by atoms with E-state index >= 15 is 0 Å². The molecule has 1 heterocycles. The number of carbonyl (C=O) groups excluding carboxylic acids is 1. The average Bonchev–Trinajstić information content (AvgIpc) is 3.10. The molecule has 1 unspecified atom stereocenters. The maximum Gasteiger partial charge on any atom is 0.293 e. The zero-order valence-corrected chi connectivity index (χ0v) is 14.7. The monoisotopic (exact) mass is 353 g/mol. The van der Waals surface area contributed by atoms with Crippen LogP contribution >= 0.6 is 0 Å². The van der Waals surface area contributed by atoms with Crippen molar-refractivity contribution in [1.29, 1.82) is 0 Å². The van der Waals surface area contributed by atoms with Gasteiger partial charge >= 0.3 is 0 Å². The van der Waals surface area contributed by atoms with Crippen LogP contribution in [-0.4, -0.2) is 34.9 Å². The number of para-hydroxylation sites is 2. The van der Waals surface area contributed by atoms with E-state index in [1.54, 1.807) is 37.3 Å². The third-order valence-electron chi connectivity index (χ3n) is 4.55. The zero-order chi connectivity index (χ0) is 18.8. The van der Waals surface area contributed by atoms with Gasteiger partial charge in [-0.05, 0) is 19.1 Å². The van der Waals surface area contributed by atoms with Gasteiger partial charge < -0.3 is 14.6 Å². The van der Waals surface area contributed by atoms with Crippen molar-refractivity contribution in [3.8, 4) is 5.75 Å². The van der Waals surface area contributed by atoms with E-state index in [1.165, 1.54) is 6.07 Å². The molecule has 0 spiro atoms. The minimum atomic E-state index is -0.464. The third kappa shape index (κ3) is 2.99. The summed E-state index contributed by atoms with van der Waals surface area (Å²) in [6.45, 7) is 1.90.